The molecule has 0 bridgehead atoms. The lowest BCUT2D eigenvalue weighted by Crippen LogP contribution is -2.36. The maximum atomic E-state index is 9.81. The molecule has 4 unspecified atom stereocenters. The van der Waals surface area contributed by atoms with E-state index in [1.165, 1.54) is 56.9 Å². The van der Waals surface area contributed by atoms with Gasteiger partial charge >= 0.3 is 0 Å². The van der Waals surface area contributed by atoms with Crippen LogP contribution < -0.4 is 0 Å². The molecular formula is C22H31N. The van der Waals surface area contributed by atoms with Crippen molar-refractivity contribution in [2.45, 2.75) is 77.0 Å². The summed E-state index contributed by atoms with van der Waals surface area (Å²) in [6.07, 6.45) is 12.5. The van der Waals surface area contributed by atoms with E-state index in [2.05, 4.69) is 43.3 Å². The second kappa shape index (κ2) is 7.52. The normalized spacial score (nSPS) is 33.7. The van der Waals surface area contributed by atoms with Crippen LogP contribution in [-0.4, -0.2) is 0 Å². The molecular weight excluding hydrogens is 278 g/mol. The van der Waals surface area contributed by atoms with Crippen LogP contribution in [0.4, 0.5) is 0 Å². The van der Waals surface area contributed by atoms with Crippen molar-refractivity contribution < 1.29 is 0 Å². The van der Waals surface area contributed by atoms with Crippen molar-refractivity contribution in [3.05, 3.63) is 35.9 Å². The molecule has 0 amide bonds. The molecule has 23 heavy (non-hydrogen) atoms. The lowest BCUT2D eigenvalue weighted by atomic mass is 9.58. The average molecular weight is 309 g/mol. The van der Waals surface area contributed by atoms with Gasteiger partial charge in [-0.15, -0.1) is 0 Å². The third-order valence-corrected chi connectivity index (χ3v) is 6.55. The Kier molecular flexibility index (Phi) is 5.42. The molecule has 2 saturated carbocycles. The summed E-state index contributed by atoms with van der Waals surface area (Å²) in [6, 6.07) is 13.8. The Morgan fingerprint density at radius 1 is 1.09 bits per heavy atom. The molecule has 0 aromatic heterocycles. The summed E-state index contributed by atoms with van der Waals surface area (Å²) in [6.45, 7) is 2.25. The van der Waals surface area contributed by atoms with Crippen LogP contribution in [0.15, 0.2) is 30.3 Å². The number of nitriles is 1. The minimum atomic E-state index is 0.00984. The molecule has 2 aliphatic carbocycles. The largest absolute Gasteiger partial charge is 0.198 e. The van der Waals surface area contributed by atoms with Gasteiger partial charge in [-0.1, -0.05) is 56.5 Å². The summed E-state index contributed by atoms with van der Waals surface area (Å²) in [7, 11) is 0. The fourth-order valence-corrected chi connectivity index (χ4v) is 5.14. The van der Waals surface area contributed by atoms with Gasteiger partial charge in [0.25, 0.3) is 0 Å². The average Bonchev–Trinajstić information content (AvgIpc) is 2.62. The van der Waals surface area contributed by atoms with Gasteiger partial charge in [-0.25, -0.2) is 0 Å². The third kappa shape index (κ3) is 3.79. The van der Waals surface area contributed by atoms with Crippen LogP contribution in [0.5, 0.6) is 0 Å². The van der Waals surface area contributed by atoms with Crippen molar-refractivity contribution in [3.63, 3.8) is 0 Å². The summed E-state index contributed by atoms with van der Waals surface area (Å²) in [5.41, 5.74) is 1.54. The van der Waals surface area contributed by atoms with E-state index in [0.29, 0.717) is 0 Å². The zero-order valence-corrected chi connectivity index (χ0v) is 14.6. The first-order valence-corrected chi connectivity index (χ1v) is 9.72. The molecule has 0 radical (unpaired) electrons. The maximum Gasteiger partial charge on any atom is 0.0689 e. The van der Waals surface area contributed by atoms with Crippen LogP contribution in [0, 0.1) is 28.6 Å². The van der Waals surface area contributed by atoms with Gasteiger partial charge in [-0.2, -0.15) is 5.26 Å². The number of hydrogen-bond donors (Lipinski definition) is 0. The van der Waals surface area contributed by atoms with Crippen LogP contribution in [0.25, 0.3) is 0 Å². The van der Waals surface area contributed by atoms with E-state index in [0.717, 1.165) is 30.6 Å². The number of nitrogens with zero attached hydrogens (tertiary/aromatic N) is 1. The quantitative estimate of drug-likeness (QED) is 0.572. The third-order valence-electron chi connectivity index (χ3n) is 6.55. The number of benzene rings is 1. The van der Waals surface area contributed by atoms with E-state index in [9.17, 15) is 5.26 Å². The molecule has 0 N–H and O–H groups in total. The van der Waals surface area contributed by atoms with Gasteiger partial charge in [-0.3, -0.25) is 0 Å². The van der Waals surface area contributed by atoms with Crippen LogP contribution in [-0.2, 0) is 0 Å². The fourth-order valence-electron chi connectivity index (χ4n) is 5.14. The molecule has 124 valence electrons. The smallest absolute Gasteiger partial charge is 0.0689 e. The highest BCUT2D eigenvalue weighted by Gasteiger charge is 2.43. The van der Waals surface area contributed by atoms with E-state index < -0.39 is 0 Å². The predicted octanol–water partition coefficient (Wildman–Crippen LogP) is 6.46. The Balaban J connectivity index is 1.61. The van der Waals surface area contributed by atoms with E-state index in [1.54, 1.807) is 0 Å². The van der Waals surface area contributed by atoms with Gasteiger partial charge in [0.1, 0.15) is 0 Å². The van der Waals surface area contributed by atoms with Gasteiger partial charge in [0.05, 0.1) is 11.5 Å². The van der Waals surface area contributed by atoms with E-state index in [4.69, 9.17) is 0 Å². The second-order valence-corrected chi connectivity index (χ2v) is 8.03. The minimum Gasteiger partial charge on any atom is -0.198 e. The van der Waals surface area contributed by atoms with Gasteiger partial charge in [0, 0.05) is 0 Å². The van der Waals surface area contributed by atoms with Crippen LogP contribution >= 0.6 is 0 Å². The molecule has 1 aromatic rings. The van der Waals surface area contributed by atoms with Gasteiger partial charge < -0.3 is 0 Å². The fraction of sp³-hybridized carbons (Fsp3) is 0.682. The molecule has 2 fully saturated rings. The van der Waals surface area contributed by atoms with Crippen molar-refractivity contribution in [3.8, 4) is 6.07 Å². The summed E-state index contributed by atoms with van der Waals surface area (Å²) >= 11 is 0. The SMILES string of the molecule is CCCCCC1(C#N)CCC2CC(c3ccccc3)CCC2C1. The van der Waals surface area contributed by atoms with Gasteiger partial charge in [0.2, 0.25) is 0 Å². The first kappa shape index (κ1) is 16.6. The van der Waals surface area contributed by atoms with Crippen LogP contribution in [0.1, 0.15) is 82.6 Å². The first-order valence-electron chi connectivity index (χ1n) is 9.72. The Morgan fingerprint density at radius 3 is 2.65 bits per heavy atom. The van der Waals surface area contributed by atoms with E-state index in [-0.39, 0.29) is 5.41 Å². The van der Waals surface area contributed by atoms with E-state index >= 15 is 0 Å². The van der Waals surface area contributed by atoms with Crippen molar-refractivity contribution in [2.24, 2.45) is 17.3 Å². The highest BCUT2D eigenvalue weighted by atomic mass is 14.5. The molecule has 1 aromatic carbocycles. The van der Waals surface area contributed by atoms with Crippen LogP contribution in [0.3, 0.4) is 0 Å². The Morgan fingerprint density at radius 2 is 1.91 bits per heavy atom. The molecule has 0 heterocycles. The number of hydrogen-bond acceptors (Lipinski definition) is 1. The minimum absolute atomic E-state index is 0.00984. The summed E-state index contributed by atoms with van der Waals surface area (Å²) in [4.78, 5) is 0. The summed E-state index contributed by atoms with van der Waals surface area (Å²) in [5, 5.41) is 9.81. The molecule has 1 heteroatoms. The van der Waals surface area contributed by atoms with Gasteiger partial charge in [0.15, 0.2) is 0 Å². The lowest BCUT2D eigenvalue weighted by molar-refractivity contribution is 0.0785. The van der Waals surface area contributed by atoms with Crippen molar-refractivity contribution in [1.82, 2.24) is 0 Å². The summed E-state index contributed by atoms with van der Waals surface area (Å²) in [5.74, 6) is 2.43. The molecule has 0 spiro atoms. The molecule has 0 aliphatic heterocycles. The Labute approximate surface area is 142 Å². The van der Waals surface area contributed by atoms with Crippen molar-refractivity contribution in [1.29, 1.82) is 5.26 Å². The highest BCUT2D eigenvalue weighted by molar-refractivity contribution is 5.20. The molecule has 4 atom stereocenters. The highest BCUT2D eigenvalue weighted by Crippen LogP contribution is 2.52. The van der Waals surface area contributed by atoms with E-state index in [1.807, 2.05) is 0 Å². The maximum absolute atomic E-state index is 9.81. The Hall–Kier alpha value is -1.29. The zero-order valence-electron chi connectivity index (χ0n) is 14.6. The lowest BCUT2D eigenvalue weighted by Gasteiger charge is -2.45. The first-order chi connectivity index (χ1) is 11.3. The van der Waals surface area contributed by atoms with Gasteiger partial charge in [-0.05, 0) is 68.3 Å². The molecule has 0 saturated heterocycles. The Bertz CT molecular complexity index is 529. The topological polar surface area (TPSA) is 23.8 Å². The molecule has 2 aliphatic rings. The number of rotatable bonds is 5. The summed E-state index contributed by atoms with van der Waals surface area (Å²) < 4.78 is 0. The standard InChI is InChI=1S/C22H31N/c1-2-3-7-13-22(17-23)14-12-20-15-19(10-11-21(20)16-22)18-8-5-4-6-9-18/h4-6,8-9,19-21H,2-3,7,10-16H2,1H3. The molecule has 1 nitrogen and oxygen atoms in total. The van der Waals surface area contributed by atoms with Crippen LogP contribution in [0.2, 0.25) is 0 Å². The van der Waals surface area contributed by atoms with Crippen molar-refractivity contribution in [2.75, 3.05) is 0 Å². The number of fused-ring (bicyclic) bond motifs is 1. The zero-order chi connectivity index (χ0) is 16.1. The molecule has 3 rings (SSSR count). The van der Waals surface area contributed by atoms with Crippen molar-refractivity contribution >= 4 is 0 Å². The second-order valence-electron chi connectivity index (χ2n) is 8.03. The predicted molar refractivity (Wildman–Crippen MR) is 96.1 cm³/mol. The monoisotopic (exact) mass is 309 g/mol. The number of unbranched alkanes of at least 4 members (excludes halogenated alkanes) is 2.